The van der Waals surface area contributed by atoms with Crippen molar-refractivity contribution in [3.05, 3.63) is 30.1 Å². The molecule has 2 fully saturated rings. The molecule has 3 rings (SSSR count). The molecule has 1 saturated carbocycles. The molecular weight excluding hydrogens is 294 g/mol. The van der Waals surface area contributed by atoms with Gasteiger partial charge in [0.05, 0.1) is 11.6 Å². The molecule has 2 N–H and O–H groups in total. The summed E-state index contributed by atoms with van der Waals surface area (Å²) in [4.78, 5) is 16.3. The molecule has 126 valence electrons. The lowest BCUT2D eigenvalue weighted by molar-refractivity contribution is -0.0676. The lowest BCUT2D eigenvalue weighted by atomic mass is 9.80. The second-order valence-corrected chi connectivity index (χ2v) is 6.39. The zero-order valence-electron chi connectivity index (χ0n) is 13.6. The Labute approximate surface area is 137 Å². The Morgan fingerprint density at radius 2 is 2.17 bits per heavy atom. The van der Waals surface area contributed by atoms with Crippen LogP contribution >= 0.6 is 0 Å². The highest BCUT2D eigenvalue weighted by atomic mass is 16.5. The Kier molecular flexibility index (Phi) is 5.13. The number of nitrogens with zero attached hydrogens (tertiary/aromatic N) is 1. The van der Waals surface area contributed by atoms with Crippen LogP contribution in [0.3, 0.4) is 0 Å². The zero-order chi connectivity index (χ0) is 16.1. The van der Waals surface area contributed by atoms with Gasteiger partial charge in [-0.25, -0.2) is 4.79 Å². The first-order chi connectivity index (χ1) is 11.2. The van der Waals surface area contributed by atoms with Crippen LogP contribution in [0.25, 0.3) is 0 Å². The highest BCUT2D eigenvalue weighted by Crippen LogP contribution is 2.34. The standard InChI is InChI=1S/C17H25N3O3/c1-22-17(7-3-8-17)12-19-16(21)20-14-4-2-11-23-15(14)13-5-9-18-10-6-13/h5-6,9-10,14-15H,2-4,7-8,11-12H2,1H3,(H2,19,20,21)/t14-,15+/m0/s1. The molecular formula is C17H25N3O3. The highest BCUT2D eigenvalue weighted by molar-refractivity contribution is 5.74. The summed E-state index contributed by atoms with van der Waals surface area (Å²) in [5.41, 5.74) is 0.891. The minimum atomic E-state index is -0.162. The first kappa shape index (κ1) is 16.2. The van der Waals surface area contributed by atoms with Gasteiger partial charge in [0.15, 0.2) is 0 Å². The topological polar surface area (TPSA) is 72.5 Å². The third-order valence-corrected chi connectivity index (χ3v) is 4.94. The van der Waals surface area contributed by atoms with Gasteiger partial charge in [-0.3, -0.25) is 4.98 Å². The average molecular weight is 319 g/mol. The molecule has 23 heavy (non-hydrogen) atoms. The van der Waals surface area contributed by atoms with Crippen LogP contribution in [0.15, 0.2) is 24.5 Å². The molecule has 0 aromatic carbocycles. The summed E-state index contributed by atoms with van der Waals surface area (Å²) in [6, 6.07) is 3.71. The molecule has 1 aliphatic heterocycles. The Morgan fingerprint density at radius 3 is 2.83 bits per heavy atom. The van der Waals surface area contributed by atoms with Crippen molar-refractivity contribution in [2.45, 2.75) is 49.9 Å². The largest absolute Gasteiger partial charge is 0.376 e. The molecule has 1 aliphatic carbocycles. The summed E-state index contributed by atoms with van der Waals surface area (Å²) in [6.45, 7) is 1.28. The molecule has 0 unspecified atom stereocenters. The number of aromatic nitrogens is 1. The number of nitrogens with one attached hydrogen (secondary N) is 2. The van der Waals surface area contributed by atoms with Crippen LogP contribution in [-0.4, -0.2) is 42.9 Å². The second kappa shape index (κ2) is 7.27. The first-order valence-corrected chi connectivity index (χ1v) is 8.33. The van der Waals surface area contributed by atoms with E-state index < -0.39 is 0 Å². The van der Waals surface area contributed by atoms with Crippen molar-refractivity contribution in [2.75, 3.05) is 20.3 Å². The van der Waals surface area contributed by atoms with Gasteiger partial charge in [-0.1, -0.05) is 0 Å². The summed E-state index contributed by atoms with van der Waals surface area (Å²) in [7, 11) is 1.72. The molecule has 6 nitrogen and oxygen atoms in total. The van der Waals surface area contributed by atoms with Crippen LogP contribution in [-0.2, 0) is 9.47 Å². The van der Waals surface area contributed by atoms with Gasteiger partial charge in [0.25, 0.3) is 0 Å². The van der Waals surface area contributed by atoms with Crippen molar-refractivity contribution in [2.24, 2.45) is 0 Å². The predicted octanol–water partition coefficient (Wildman–Crippen LogP) is 2.17. The predicted molar refractivity (Wildman–Crippen MR) is 86.1 cm³/mol. The third-order valence-electron chi connectivity index (χ3n) is 4.94. The zero-order valence-corrected chi connectivity index (χ0v) is 13.6. The van der Waals surface area contributed by atoms with E-state index in [0.717, 1.165) is 44.3 Å². The van der Waals surface area contributed by atoms with Crippen LogP contribution in [0, 0.1) is 0 Å². The maximum atomic E-state index is 12.2. The normalized spacial score (nSPS) is 26.1. The molecule has 2 aliphatic rings. The van der Waals surface area contributed by atoms with E-state index in [0.29, 0.717) is 6.54 Å². The Bertz CT molecular complexity index is 514. The van der Waals surface area contributed by atoms with Crippen molar-refractivity contribution < 1.29 is 14.3 Å². The van der Waals surface area contributed by atoms with E-state index in [1.54, 1.807) is 19.5 Å². The van der Waals surface area contributed by atoms with Crippen LogP contribution in [0.2, 0.25) is 0 Å². The molecule has 0 radical (unpaired) electrons. The van der Waals surface area contributed by atoms with Gasteiger partial charge < -0.3 is 20.1 Å². The number of urea groups is 1. The number of methoxy groups -OCH3 is 1. The van der Waals surface area contributed by atoms with Crippen LogP contribution in [0.5, 0.6) is 0 Å². The summed E-state index contributed by atoms with van der Waals surface area (Å²) in [5, 5.41) is 6.01. The van der Waals surface area contributed by atoms with Crippen LogP contribution < -0.4 is 10.6 Å². The number of hydrogen-bond acceptors (Lipinski definition) is 4. The summed E-state index contributed by atoms with van der Waals surface area (Å²) in [5.74, 6) is 0. The van der Waals surface area contributed by atoms with Crippen molar-refractivity contribution in [1.29, 1.82) is 0 Å². The van der Waals surface area contributed by atoms with Gasteiger partial charge in [0.1, 0.15) is 6.10 Å². The fourth-order valence-electron chi connectivity index (χ4n) is 3.30. The monoisotopic (exact) mass is 319 g/mol. The summed E-state index contributed by atoms with van der Waals surface area (Å²) < 4.78 is 11.4. The van der Waals surface area contributed by atoms with Gasteiger partial charge in [-0.05, 0) is 49.8 Å². The van der Waals surface area contributed by atoms with Crippen molar-refractivity contribution in [1.82, 2.24) is 15.6 Å². The van der Waals surface area contributed by atoms with Crippen molar-refractivity contribution in [3.8, 4) is 0 Å². The maximum absolute atomic E-state index is 12.2. The summed E-state index contributed by atoms with van der Waals surface area (Å²) in [6.07, 6.45) is 8.44. The summed E-state index contributed by atoms with van der Waals surface area (Å²) >= 11 is 0. The molecule has 2 heterocycles. The molecule has 2 atom stereocenters. The smallest absolute Gasteiger partial charge is 0.315 e. The number of hydrogen-bond donors (Lipinski definition) is 2. The number of pyridine rings is 1. The van der Waals surface area contributed by atoms with Gasteiger partial charge in [0.2, 0.25) is 0 Å². The van der Waals surface area contributed by atoms with E-state index in [-0.39, 0.29) is 23.8 Å². The number of carbonyl (C=O) groups is 1. The Balaban J connectivity index is 1.55. The maximum Gasteiger partial charge on any atom is 0.315 e. The van der Waals surface area contributed by atoms with Crippen molar-refractivity contribution >= 4 is 6.03 Å². The van der Waals surface area contributed by atoms with E-state index in [9.17, 15) is 4.79 Å². The Morgan fingerprint density at radius 1 is 1.39 bits per heavy atom. The molecule has 1 aromatic rings. The van der Waals surface area contributed by atoms with Crippen molar-refractivity contribution in [3.63, 3.8) is 0 Å². The highest BCUT2D eigenvalue weighted by Gasteiger charge is 2.37. The van der Waals surface area contributed by atoms with Gasteiger partial charge >= 0.3 is 6.03 Å². The van der Waals surface area contributed by atoms with Gasteiger partial charge in [-0.15, -0.1) is 0 Å². The first-order valence-electron chi connectivity index (χ1n) is 8.33. The number of rotatable bonds is 5. The molecule has 1 aromatic heterocycles. The minimum Gasteiger partial charge on any atom is -0.376 e. The minimum absolute atomic E-state index is 0.0222. The second-order valence-electron chi connectivity index (χ2n) is 6.39. The Hall–Kier alpha value is -1.66. The van der Waals surface area contributed by atoms with E-state index in [1.165, 1.54) is 0 Å². The van der Waals surface area contributed by atoms with E-state index in [1.807, 2.05) is 12.1 Å². The lowest BCUT2D eigenvalue weighted by Gasteiger charge is -2.40. The van der Waals surface area contributed by atoms with E-state index in [4.69, 9.17) is 9.47 Å². The van der Waals surface area contributed by atoms with E-state index >= 15 is 0 Å². The lowest BCUT2D eigenvalue weighted by Crippen LogP contribution is -2.53. The molecule has 1 saturated heterocycles. The third kappa shape index (κ3) is 3.82. The molecule has 0 spiro atoms. The number of carbonyl (C=O) groups excluding carboxylic acids is 1. The van der Waals surface area contributed by atoms with Gasteiger partial charge in [-0.2, -0.15) is 0 Å². The number of ether oxygens (including phenoxy) is 2. The van der Waals surface area contributed by atoms with Crippen LogP contribution in [0.1, 0.15) is 43.8 Å². The van der Waals surface area contributed by atoms with Gasteiger partial charge in [0, 0.05) is 32.7 Å². The fourth-order valence-corrected chi connectivity index (χ4v) is 3.30. The average Bonchev–Trinajstić information content (AvgIpc) is 2.56. The quantitative estimate of drug-likeness (QED) is 0.872. The fraction of sp³-hybridized carbons (Fsp3) is 0.647. The van der Waals surface area contributed by atoms with E-state index in [2.05, 4.69) is 15.6 Å². The molecule has 6 heteroatoms. The molecule has 0 bridgehead atoms. The number of amides is 2. The molecule has 2 amide bonds. The van der Waals surface area contributed by atoms with Crippen LogP contribution in [0.4, 0.5) is 4.79 Å². The SMILES string of the molecule is COC1(CNC(=O)N[C@H]2CCCO[C@@H]2c2ccncc2)CCC1.